The second-order valence-corrected chi connectivity index (χ2v) is 13.3. The highest BCUT2D eigenvalue weighted by Gasteiger charge is 2.56. The van der Waals surface area contributed by atoms with Crippen LogP contribution in [0.1, 0.15) is 52.1 Å². The number of aromatic nitrogens is 2. The van der Waals surface area contributed by atoms with Crippen molar-refractivity contribution in [3.05, 3.63) is 70.3 Å². The van der Waals surface area contributed by atoms with E-state index in [1.54, 1.807) is 18.2 Å². The van der Waals surface area contributed by atoms with E-state index in [2.05, 4.69) is 48.2 Å². The number of fused-ring (bicyclic) bond motifs is 3. The molecule has 4 aliphatic rings. The minimum Gasteiger partial charge on any atom is -0.353 e. The molecular formula is C33H41F3N6O. The number of aliphatic imine (C=N–C) groups is 1. The van der Waals surface area contributed by atoms with E-state index in [-0.39, 0.29) is 12.0 Å². The number of guanidine groups is 1. The number of piperazine rings is 1. The topological polar surface area (TPSA) is 74.5 Å². The Morgan fingerprint density at radius 3 is 2.70 bits per heavy atom. The van der Waals surface area contributed by atoms with Crippen molar-refractivity contribution in [3.8, 4) is 0 Å². The lowest BCUT2D eigenvalue weighted by molar-refractivity contribution is -0.112. The van der Waals surface area contributed by atoms with Crippen molar-refractivity contribution in [3.63, 3.8) is 0 Å². The maximum Gasteiger partial charge on any atom is 0.261 e. The fourth-order valence-electron chi connectivity index (χ4n) is 7.57. The zero-order chi connectivity index (χ0) is 30.5. The molecule has 1 aromatic heterocycles. The van der Waals surface area contributed by atoms with Crippen molar-refractivity contribution in [2.45, 2.75) is 65.1 Å². The van der Waals surface area contributed by atoms with Crippen LogP contribution in [-0.4, -0.2) is 58.8 Å². The monoisotopic (exact) mass is 594 g/mol. The average molecular weight is 595 g/mol. The number of benzene rings is 2. The minimum atomic E-state index is -0.971. The molecule has 230 valence electrons. The van der Waals surface area contributed by atoms with Gasteiger partial charge in [-0.1, -0.05) is 26.8 Å². The third-order valence-corrected chi connectivity index (χ3v) is 10.4. The van der Waals surface area contributed by atoms with E-state index < -0.39 is 29.9 Å². The van der Waals surface area contributed by atoms with Gasteiger partial charge in [-0.15, -0.1) is 0 Å². The van der Waals surface area contributed by atoms with Gasteiger partial charge in [0.25, 0.3) is 5.56 Å². The zero-order valence-corrected chi connectivity index (χ0v) is 25.3. The van der Waals surface area contributed by atoms with E-state index in [1.807, 2.05) is 0 Å². The first-order valence-electron chi connectivity index (χ1n) is 15.4. The van der Waals surface area contributed by atoms with Gasteiger partial charge >= 0.3 is 0 Å². The predicted octanol–water partition coefficient (Wildman–Crippen LogP) is 5.37. The van der Waals surface area contributed by atoms with E-state index in [1.165, 1.54) is 23.4 Å². The van der Waals surface area contributed by atoms with Crippen molar-refractivity contribution in [1.29, 1.82) is 0 Å². The van der Waals surface area contributed by atoms with E-state index in [0.29, 0.717) is 51.8 Å². The number of halogens is 3. The SMILES string of the molecule is C[C@H]1[C@@H](NC(=Nc2ccc3c(=O)n([C@H](CF)Cc4ccc(F)cc4F)cnc3c2)N2CCN[C@@H](C)C2)C[C@@H]2C[C@@H]1C2(C)C. The van der Waals surface area contributed by atoms with Crippen LogP contribution in [0.3, 0.4) is 0 Å². The normalized spacial score (nSPS) is 27.6. The number of nitrogens with zero attached hydrogens (tertiary/aromatic N) is 4. The van der Waals surface area contributed by atoms with Gasteiger partial charge in [0, 0.05) is 37.8 Å². The van der Waals surface area contributed by atoms with Gasteiger partial charge in [-0.3, -0.25) is 9.36 Å². The number of alkyl halides is 1. The highest BCUT2D eigenvalue weighted by Crippen LogP contribution is 2.61. The summed E-state index contributed by atoms with van der Waals surface area (Å²) >= 11 is 0. The molecule has 1 aliphatic heterocycles. The summed E-state index contributed by atoms with van der Waals surface area (Å²) in [6.07, 6.45) is 3.63. The molecule has 3 saturated carbocycles. The molecule has 2 bridgehead atoms. The van der Waals surface area contributed by atoms with Crippen molar-refractivity contribution in [2.75, 3.05) is 26.3 Å². The van der Waals surface area contributed by atoms with Gasteiger partial charge in [0.1, 0.15) is 18.3 Å². The third kappa shape index (κ3) is 5.66. The second kappa shape index (κ2) is 11.6. The highest BCUT2D eigenvalue weighted by atomic mass is 19.1. The van der Waals surface area contributed by atoms with E-state index in [4.69, 9.17) is 4.99 Å². The Kier molecular flexibility index (Phi) is 8.00. The van der Waals surface area contributed by atoms with E-state index in [9.17, 15) is 18.0 Å². The Morgan fingerprint density at radius 2 is 2.00 bits per heavy atom. The van der Waals surface area contributed by atoms with Crippen LogP contribution in [0.25, 0.3) is 10.9 Å². The molecule has 43 heavy (non-hydrogen) atoms. The van der Waals surface area contributed by atoms with Crippen LogP contribution in [0.2, 0.25) is 0 Å². The number of hydrogen-bond acceptors (Lipinski definition) is 4. The third-order valence-electron chi connectivity index (χ3n) is 10.4. The molecule has 2 N–H and O–H groups in total. The molecule has 6 atom stereocenters. The summed E-state index contributed by atoms with van der Waals surface area (Å²) in [7, 11) is 0. The van der Waals surface area contributed by atoms with Crippen molar-refractivity contribution < 1.29 is 13.2 Å². The Bertz CT molecular complexity index is 1590. The van der Waals surface area contributed by atoms with Crippen LogP contribution in [0.15, 0.2) is 52.5 Å². The fraction of sp³-hybridized carbons (Fsp3) is 0.545. The van der Waals surface area contributed by atoms with Crippen LogP contribution in [-0.2, 0) is 6.42 Å². The smallest absolute Gasteiger partial charge is 0.261 e. The Morgan fingerprint density at radius 1 is 1.19 bits per heavy atom. The molecule has 10 heteroatoms. The lowest BCUT2D eigenvalue weighted by atomic mass is 9.45. The summed E-state index contributed by atoms with van der Waals surface area (Å²) in [5.41, 5.74) is 1.24. The minimum absolute atomic E-state index is 0.102. The van der Waals surface area contributed by atoms with Gasteiger partial charge in [0.05, 0.1) is 29.0 Å². The second-order valence-electron chi connectivity index (χ2n) is 13.3. The maximum atomic E-state index is 14.3. The molecule has 3 aliphatic carbocycles. The molecular weight excluding hydrogens is 553 g/mol. The molecule has 7 rings (SSSR count). The molecule has 0 spiro atoms. The first-order chi connectivity index (χ1) is 20.5. The number of hydrogen-bond donors (Lipinski definition) is 2. The van der Waals surface area contributed by atoms with Crippen LogP contribution < -0.4 is 16.2 Å². The van der Waals surface area contributed by atoms with Crippen LogP contribution >= 0.6 is 0 Å². The Balaban J connectivity index is 1.28. The summed E-state index contributed by atoms with van der Waals surface area (Å²) in [6.45, 7) is 11.0. The zero-order valence-electron chi connectivity index (χ0n) is 25.3. The first kappa shape index (κ1) is 29.7. The Labute approximate surface area is 250 Å². The molecule has 2 aromatic carbocycles. The van der Waals surface area contributed by atoms with E-state index in [0.717, 1.165) is 44.1 Å². The predicted molar refractivity (Wildman–Crippen MR) is 163 cm³/mol. The summed E-state index contributed by atoms with van der Waals surface area (Å²) in [5, 5.41) is 7.66. The lowest BCUT2D eigenvalue weighted by Crippen LogP contribution is -2.63. The van der Waals surface area contributed by atoms with Gasteiger partial charge in [0.2, 0.25) is 0 Å². The van der Waals surface area contributed by atoms with Crippen LogP contribution in [0.4, 0.5) is 18.9 Å². The summed E-state index contributed by atoms with van der Waals surface area (Å²) in [5.74, 6) is 1.32. The van der Waals surface area contributed by atoms with Gasteiger partial charge in [0.15, 0.2) is 5.96 Å². The van der Waals surface area contributed by atoms with Crippen molar-refractivity contribution in [2.24, 2.45) is 28.2 Å². The average Bonchev–Trinajstić information content (AvgIpc) is 2.97. The quantitative estimate of drug-likeness (QED) is 0.297. The standard InChI is InChI=1S/C33H41F3N6O/c1-19-17-41(10-9-37-19)32(40-29-13-22-12-27(20(29)2)33(22,3)4)39-24-7-8-26-30(15-24)38-18-42(31(26)43)25(16-34)11-21-5-6-23(35)14-28(21)36/h5-8,14-15,18-20,22,25,27,29,37H,9-13,16-17H2,1-4H3,(H,39,40)/t19-,20+,22-,25-,27-,29-/m0/s1. The Hall–Kier alpha value is -3.40. The van der Waals surface area contributed by atoms with Crippen molar-refractivity contribution in [1.82, 2.24) is 25.1 Å². The van der Waals surface area contributed by atoms with Crippen LogP contribution in [0.5, 0.6) is 0 Å². The first-order valence-corrected chi connectivity index (χ1v) is 15.4. The van der Waals surface area contributed by atoms with Gasteiger partial charge < -0.3 is 15.5 Å². The van der Waals surface area contributed by atoms with Crippen LogP contribution in [0, 0.1) is 34.8 Å². The fourth-order valence-corrected chi connectivity index (χ4v) is 7.57. The van der Waals surface area contributed by atoms with Crippen molar-refractivity contribution >= 4 is 22.5 Å². The molecule has 2 heterocycles. The van der Waals surface area contributed by atoms with E-state index >= 15 is 0 Å². The van der Waals surface area contributed by atoms with Gasteiger partial charge in [-0.05, 0) is 79.2 Å². The lowest BCUT2D eigenvalue weighted by Gasteiger charge is -2.62. The van der Waals surface area contributed by atoms with Gasteiger partial charge in [-0.25, -0.2) is 23.1 Å². The molecule has 7 nitrogen and oxygen atoms in total. The summed E-state index contributed by atoms with van der Waals surface area (Å²) < 4.78 is 42.9. The highest BCUT2D eigenvalue weighted by molar-refractivity contribution is 5.86. The maximum absolute atomic E-state index is 14.3. The summed E-state index contributed by atoms with van der Waals surface area (Å²) in [4.78, 5) is 25.2. The number of nitrogens with one attached hydrogen (secondary N) is 2. The number of rotatable bonds is 6. The molecule has 4 fully saturated rings. The largest absolute Gasteiger partial charge is 0.353 e. The molecule has 0 unspecified atom stereocenters. The summed E-state index contributed by atoms with van der Waals surface area (Å²) in [6, 6.07) is 8.11. The van der Waals surface area contributed by atoms with Gasteiger partial charge in [-0.2, -0.15) is 0 Å². The molecule has 0 radical (unpaired) electrons. The molecule has 1 saturated heterocycles. The molecule has 0 amide bonds. The molecule has 3 aromatic rings.